The molecular formula is C14H18N2O. The fourth-order valence-electron chi connectivity index (χ4n) is 2.44. The van der Waals surface area contributed by atoms with Crippen molar-refractivity contribution in [2.24, 2.45) is 5.92 Å². The third kappa shape index (κ3) is 3.06. The van der Waals surface area contributed by atoms with E-state index in [4.69, 9.17) is 10.00 Å². The predicted molar refractivity (Wildman–Crippen MR) is 66.4 cm³/mol. The number of nitrogens with zero attached hydrogens (tertiary/aromatic N) is 2. The fourth-order valence-corrected chi connectivity index (χ4v) is 2.44. The molecule has 0 radical (unpaired) electrons. The summed E-state index contributed by atoms with van der Waals surface area (Å²) in [6, 6.07) is 10.1. The average molecular weight is 230 g/mol. The smallest absolute Gasteiger partial charge is 0.0995 e. The summed E-state index contributed by atoms with van der Waals surface area (Å²) in [4.78, 5) is 2.40. The van der Waals surface area contributed by atoms with Crippen LogP contribution in [0.4, 0.5) is 0 Å². The Morgan fingerprint density at radius 2 is 2.29 bits per heavy atom. The van der Waals surface area contributed by atoms with Crippen LogP contribution in [0.25, 0.3) is 0 Å². The van der Waals surface area contributed by atoms with E-state index in [0.717, 1.165) is 37.4 Å². The maximum atomic E-state index is 9.04. The van der Waals surface area contributed by atoms with Crippen molar-refractivity contribution in [3.8, 4) is 6.07 Å². The zero-order valence-electron chi connectivity index (χ0n) is 10.2. The first-order valence-corrected chi connectivity index (χ1v) is 6.02. The number of hydrogen-bond acceptors (Lipinski definition) is 3. The number of ether oxygens (including phenoxy) is 1. The Balaban J connectivity index is 1.96. The van der Waals surface area contributed by atoms with Gasteiger partial charge in [0.1, 0.15) is 0 Å². The molecular weight excluding hydrogens is 212 g/mol. The Morgan fingerprint density at radius 3 is 3.06 bits per heavy atom. The second-order valence-corrected chi connectivity index (χ2v) is 4.61. The Labute approximate surface area is 103 Å². The van der Waals surface area contributed by atoms with Gasteiger partial charge in [-0.25, -0.2) is 0 Å². The van der Waals surface area contributed by atoms with Gasteiger partial charge >= 0.3 is 0 Å². The first kappa shape index (κ1) is 12.1. The van der Waals surface area contributed by atoms with Gasteiger partial charge in [0, 0.05) is 20.2 Å². The van der Waals surface area contributed by atoms with Crippen molar-refractivity contribution in [3.63, 3.8) is 0 Å². The molecule has 1 aliphatic heterocycles. The molecule has 1 fully saturated rings. The van der Waals surface area contributed by atoms with E-state index in [1.807, 2.05) is 24.3 Å². The van der Waals surface area contributed by atoms with Crippen LogP contribution in [-0.4, -0.2) is 31.7 Å². The van der Waals surface area contributed by atoms with E-state index in [-0.39, 0.29) is 0 Å². The lowest BCUT2D eigenvalue weighted by molar-refractivity contribution is 0.152. The Morgan fingerprint density at radius 1 is 1.47 bits per heavy atom. The van der Waals surface area contributed by atoms with Gasteiger partial charge in [-0.3, -0.25) is 4.90 Å². The number of benzene rings is 1. The van der Waals surface area contributed by atoms with Crippen molar-refractivity contribution in [1.29, 1.82) is 5.26 Å². The van der Waals surface area contributed by atoms with Crippen LogP contribution >= 0.6 is 0 Å². The second kappa shape index (κ2) is 5.81. The zero-order chi connectivity index (χ0) is 12.1. The topological polar surface area (TPSA) is 36.3 Å². The van der Waals surface area contributed by atoms with Crippen LogP contribution < -0.4 is 0 Å². The third-order valence-electron chi connectivity index (χ3n) is 3.30. The van der Waals surface area contributed by atoms with Gasteiger partial charge in [-0.2, -0.15) is 5.26 Å². The Hall–Kier alpha value is -1.37. The summed E-state index contributed by atoms with van der Waals surface area (Å²) in [5.74, 6) is 0.647. The molecule has 0 amide bonds. The zero-order valence-corrected chi connectivity index (χ0v) is 10.2. The number of rotatable bonds is 4. The summed E-state index contributed by atoms with van der Waals surface area (Å²) in [7, 11) is 1.76. The molecule has 0 saturated carbocycles. The van der Waals surface area contributed by atoms with E-state index in [9.17, 15) is 0 Å². The lowest BCUT2D eigenvalue weighted by Crippen LogP contribution is -2.21. The molecule has 1 unspecified atom stereocenters. The molecule has 90 valence electrons. The number of nitriles is 1. The average Bonchev–Trinajstić information content (AvgIpc) is 2.78. The highest BCUT2D eigenvalue weighted by molar-refractivity contribution is 5.37. The van der Waals surface area contributed by atoms with Gasteiger partial charge in [0.25, 0.3) is 0 Å². The minimum absolute atomic E-state index is 0.647. The first-order chi connectivity index (χ1) is 8.33. The monoisotopic (exact) mass is 230 g/mol. The Kier molecular flexibility index (Phi) is 4.13. The molecule has 2 rings (SSSR count). The highest BCUT2D eigenvalue weighted by Crippen LogP contribution is 2.20. The summed E-state index contributed by atoms with van der Waals surface area (Å²) >= 11 is 0. The van der Waals surface area contributed by atoms with Gasteiger partial charge in [0.15, 0.2) is 0 Å². The van der Waals surface area contributed by atoms with Crippen molar-refractivity contribution in [2.75, 3.05) is 26.8 Å². The number of hydrogen-bond donors (Lipinski definition) is 0. The predicted octanol–water partition coefficient (Wildman–Crippen LogP) is 2.03. The maximum Gasteiger partial charge on any atom is 0.0995 e. The lowest BCUT2D eigenvalue weighted by Gasteiger charge is -2.16. The van der Waals surface area contributed by atoms with Crippen LogP contribution in [0.15, 0.2) is 24.3 Å². The molecule has 0 N–H and O–H groups in total. The summed E-state index contributed by atoms with van der Waals surface area (Å²) in [6.45, 7) is 3.90. The number of likely N-dealkylation sites (tertiary alicyclic amines) is 1. The van der Waals surface area contributed by atoms with Gasteiger partial charge in [-0.05, 0) is 30.5 Å². The summed E-state index contributed by atoms with van der Waals surface area (Å²) in [5, 5.41) is 9.04. The van der Waals surface area contributed by atoms with E-state index in [0.29, 0.717) is 5.92 Å². The number of methoxy groups -OCH3 is 1. The van der Waals surface area contributed by atoms with Crippen molar-refractivity contribution in [2.45, 2.75) is 13.0 Å². The lowest BCUT2D eigenvalue weighted by atomic mass is 10.1. The molecule has 17 heavy (non-hydrogen) atoms. The molecule has 1 atom stereocenters. The quantitative estimate of drug-likeness (QED) is 0.794. The molecule has 1 aromatic carbocycles. The molecule has 3 heteroatoms. The SMILES string of the molecule is COCC1CCN(Cc2ccccc2C#N)C1. The largest absolute Gasteiger partial charge is 0.384 e. The summed E-state index contributed by atoms with van der Waals surface area (Å²) < 4.78 is 5.19. The minimum atomic E-state index is 0.647. The first-order valence-electron chi connectivity index (χ1n) is 6.02. The van der Waals surface area contributed by atoms with Gasteiger partial charge in [0.2, 0.25) is 0 Å². The molecule has 3 nitrogen and oxygen atoms in total. The van der Waals surface area contributed by atoms with E-state index in [2.05, 4.69) is 11.0 Å². The van der Waals surface area contributed by atoms with Crippen LogP contribution in [0.2, 0.25) is 0 Å². The molecule has 1 heterocycles. The highest BCUT2D eigenvalue weighted by atomic mass is 16.5. The van der Waals surface area contributed by atoms with Crippen LogP contribution in [0.3, 0.4) is 0 Å². The fraction of sp³-hybridized carbons (Fsp3) is 0.500. The molecule has 1 aliphatic rings. The van der Waals surface area contributed by atoms with Gasteiger partial charge in [-0.15, -0.1) is 0 Å². The van der Waals surface area contributed by atoms with Crippen LogP contribution in [0, 0.1) is 17.2 Å². The highest BCUT2D eigenvalue weighted by Gasteiger charge is 2.22. The maximum absolute atomic E-state index is 9.04. The van der Waals surface area contributed by atoms with Gasteiger partial charge in [0.05, 0.1) is 18.2 Å². The van der Waals surface area contributed by atoms with Crippen molar-refractivity contribution in [3.05, 3.63) is 35.4 Å². The molecule has 0 spiro atoms. The van der Waals surface area contributed by atoms with Crippen LogP contribution in [0.1, 0.15) is 17.5 Å². The van der Waals surface area contributed by atoms with E-state index in [1.54, 1.807) is 7.11 Å². The molecule has 0 aliphatic carbocycles. The molecule has 0 aromatic heterocycles. The van der Waals surface area contributed by atoms with Gasteiger partial charge in [-0.1, -0.05) is 18.2 Å². The minimum Gasteiger partial charge on any atom is -0.384 e. The summed E-state index contributed by atoms with van der Waals surface area (Å²) in [5.41, 5.74) is 1.93. The Bertz CT molecular complexity index is 411. The van der Waals surface area contributed by atoms with E-state index in [1.165, 1.54) is 6.42 Å². The van der Waals surface area contributed by atoms with E-state index < -0.39 is 0 Å². The molecule has 0 bridgehead atoms. The molecule has 1 saturated heterocycles. The van der Waals surface area contributed by atoms with Gasteiger partial charge < -0.3 is 4.74 Å². The van der Waals surface area contributed by atoms with Crippen LogP contribution in [0.5, 0.6) is 0 Å². The van der Waals surface area contributed by atoms with E-state index >= 15 is 0 Å². The van der Waals surface area contributed by atoms with Crippen molar-refractivity contribution < 1.29 is 4.74 Å². The van der Waals surface area contributed by atoms with Crippen molar-refractivity contribution in [1.82, 2.24) is 4.90 Å². The summed E-state index contributed by atoms with van der Waals surface area (Å²) in [6.07, 6.45) is 1.20. The molecule has 1 aromatic rings. The van der Waals surface area contributed by atoms with Crippen molar-refractivity contribution >= 4 is 0 Å². The second-order valence-electron chi connectivity index (χ2n) is 4.61. The normalized spacial score (nSPS) is 20.4. The van der Waals surface area contributed by atoms with Crippen LogP contribution in [-0.2, 0) is 11.3 Å². The third-order valence-corrected chi connectivity index (χ3v) is 3.30. The standard InChI is InChI=1S/C14H18N2O/c1-17-11-12-6-7-16(9-12)10-14-5-3-2-4-13(14)8-15/h2-5,12H,6-7,9-11H2,1H3.